The number of rotatable bonds is 3. The summed E-state index contributed by atoms with van der Waals surface area (Å²) < 4.78 is 6.08. The van der Waals surface area contributed by atoms with Gasteiger partial charge in [-0.2, -0.15) is 0 Å². The monoisotopic (exact) mass is 560 g/mol. The van der Waals surface area contributed by atoms with E-state index in [1.807, 2.05) is 69.5 Å². The van der Waals surface area contributed by atoms with Crippen LogP contribution in [-0.4, -0.2) is 58.0 Å². The minimum absolute atomic E-state index is 0.0189. The molecule has 1 spiro atoms. The van der Waals surface area contributed by atoms with Gasteiger partial charge in [0.05, 0.1) is 12.1 Å². The van der Waals surface area contributed by atoms with Crippen LogP contribution in [0.5, 0.6) is 0 Å². The molecule has 2 aromatic rings. The lowest BCUT2D eigenvalue weighted by Crippen LogP contribution is -2.56. The number of carbonyl (C=O) groups is 3. The number of Topliss-reactive ketones (excluding diaryl/α,β-unsaturated/α-hetero) is 2. The molecular formula is C33H40N2O6. The van der Waals surface area contributed by atoms with E-state index in [0.717, 1.165) is 27.6 Å². The van der Waals surface area contributed by atoms with Crippen molar-refractivity contribution in [3.63, 3.8) is 0 Å². The average Bonchev–Trinajstić information content (AvgIpc) is 3.51. The largest absolute Gasteiger partial charge is 0.388 e. The van der Waals surface area contributed by atoms with Gasteiger partial charge < -0.3 is 25.3 Å². The number of aromatic amines is 1. The summed E-state index contributed by atoms with van der Waals surface area (Å²) in [5.74, 6) is -2.72. The molecule has 8 heteroatoms. The molecule has 1 saturated heterocycles. The Balaban J connectivity index is 1.67. The van der Waals surface area contributed by atoms with Gasteiger partial charge in [-0.25, -0.2) is 0 Å². The van der Waals surface area contributed by atoms with Gasteiger partial charge in [-0.15, -0.1) is 0 Å². The molecule has 0 bridgehead atoms. The Hall–Kier alpha value is -3.33. The lowest BCUT2D eigenvalue weighted by Gasteiger charge is -2.46. The smallest absolute Gasteiger partial charge is 0.235 e. The summed E-state index contributed by atoms with van der Waals surface area (Å²) in [6.45, 7) is 7.37. The summed E-state index contributed by atoms with van der Waals surface area (Å²) in [6, 6.07) is 7.24. The van der Waals surface area contributed by atoms with Gasteiger partial charge in [-0.1, -0.05) is 48.9 Å². The molecule has 0 saturated carbocycles. The van der Waals surface area contributed by atoms with Gasteiger partial charge >= 0.3 is 0 Å². The number of amides is 1. The second-order valence-electron chi connectivity index (χ2n) is 12.0. The topological polar surface area (TPSA) is 129 Å². The van der Waals surface area contributed by atoms with Crippen molar-refractivity contribution in [3.05, 3.63) is 71.0 Å². The van der Waals surface area contributed by atoms with Crippen LogP contribution in [-0.2, 0) is 19.1 Å². The zero-order valence-corrected chi connectivity index (χ0v) is 24.3. The minimum Gasteiger partial charge on any atom is -0.388 e. The van der Waals surface area contributed by atoms with E-state index in [4.69, 9.17) is 4.74 Å². The molecule has 8 atom stereocenters. The molecule has 2 heterocycles. The number of aliphatic hydroxyl groups is 2. The maximum Gasteiger partial charge on any atom is 0.235 e. The molecule has 4 N–H and O–H groups in total. The Morgan fingerprint density at radius 3 is 2.54 bits per heavy atom. The Morgan fingerprint density at radius 2 is 1.80 bits per heavy atom. The third kappa shape index (κ3) is 4.62. The van der Waals surface area contributed by atoms with Crippen molar-refractivity contribution in [1.82, 2.24) is 10.3 Å². The number of ether oxygens (including phenoxy) is 1. The normalized spacial score (nSPS) is 33.8. The number of aromatic nitrogens is 1. The minimum atomic E-state index is -1.63. The predicted octanol–water partition coefficient (Wildman–Crippen LogP) is 4.11. The van der Waals surface area contributed by atoms with Crippen LogP contribution in [0.15, 0.2) is 65.4 Å². The Bertz CT molecular complexity index is 1470. The van der Waals surface area contributed by atoms with Gasteiger partial charge in [0.15, 0.2) is 5.78 Å². The standard InChI is InChI=1S/C33H40N2O6/c1-17-9-8-11-23-30(39)20(4)19(3)27-28(31(41-5)22-16-34-24-12-7-6-10-21(22)24)35-32(40)33(23,27)26(37)14-13-25(36)29(38)18(2)15-17/h6-8,10-12,15-17,23,25,27-28,30-31,34,36,39H,9,13-14H2,1-5H3,(H,35,40)/t17-,23-,25-,27-,28+,30+,31?,33+/m0/s1. The summed E-state index contributed by atoms with van der Waals surface area (Å²) in [5.41, 5.74) is 2.12. The number of ketones is 2. The van der Waals surface area contributed by atoms with Gasteiger partial charge in [0, 0.05) is 48.0 Å². The number of benzene rings is 1. The zero-order chi connectivity index (χ0) is 29.6. The number of nitrogens with one attached hydrogen (secondary N) is 2. The highest BCUT2D eigenvalue weighted by molar-refractivity contribution is 6.10. The number of carbonyl (C=O) groups excluding carboxylic acids is 3. The van der Waals surface area contributed by atoms with Gasteiger partial charge in [0.2, 0.25) is 5.91 Å². The number of methoxy groups -OCH3 is 1. The van der Waals surface area contributed by atoms with Crippen molar-refractivity contribution in [2.75, 3.05) is 7.11 Å². The number of hydrogen-bond acceptors (Lipinski definition) is 6. The van der Waals surface area contributed by atoms with E-state index in [-0.39, 0.29) is 18.8 Å². The Kier molecular flexibility index (Phi) is 7.94. The quantitative estimate of drug-likeness (QED) is 0.331. The summed E-state index contributed by atoms with van der Waals surface area (Å²) in [4.78, 5) is 44.8. The first-order valence-corrected chi connectivity index (χ1v) is 14.4. The van der Waals surface area contributed by atoms with Crippen LogP contribution >= 0.6 is 0 Å². The fraction of sp³-hybridized carbons (Fsp3) is 0.485. The van der Waals surface area contributed by atoms with E-state index in [0.29, 0.717) is 12.0 Å². The van der Waals surface area contributed by atoms with E-state index in [2.05, 4.69) is 10.3 Å². The molecule has 41 heavy (non-hydrogen) atoms. The lowest BCUT2D eigenvalue weighted by molar-refractivity contribution is -0.148. The van der Waals surface area contributed by atoms with Crippen LogP contribution in [0.2, 0.25) is 0 Å². The number of allylic oxidation sites excluding steroid dienone is 2. The maximum atomic E-state index is 14.4. The molecule has 5 rings (SSSR count). The summed E-state index contributed by atoms with van der Waals surface area (Å²) >= 11 is 0. The van der Waals surface area contributed by atoms with E-state index in [1.165, 1.54) is 0 Å². The third-order valence-corrected chi connectivity index (χ3v) is 9.61. The first kappa shape index (κ1) is 29.2. The molecule has 1 aromatic carbocycles. The van der Waals surface area contributed by atoms with Crippen LogP contribution < -0.4 is 5.32 Å². The molecule has 1 aromatic heterocycles. The zero-order valence-electron chi connectivity index (χ0n) is 24.3. The van der Waals surface area contributed by atoms with E-state index < -0.39 is 59.1 Å². The highest BCUT2D eigenvalue weighted by Gasteiger charge is 2.67. The van der Waals surface area contributed by atoms with Crippen LogP contribution in [0.25, 0.3) is 10.9 Å². The third-order valence-electron chi connectivity index (χ3n) is 9.61. The van der Waals surface area contributed by atoms with Crippen LogP contribution in [0.3, 0.4) is 0 Å². The molecule has 1 fully saturated rings. The summed E-state index contributed by atoms with van der Waals surface area (Å²) in [5, 5.41) is 26.4. The van der Waals surface area contributed by atoms with Crippen molar-refractivity contribution in [2.45, 2.75) is 71.3 Å². The van der Waals surface area contributed by atoms with Crippen molar-refractivity contribution >= 4 is 28.4 Å². The highest BCUT2D eigenvalue weighted by Crippen LogP contribution is 2.57. The van der Waals surface area contributed by atoms with Gasteiger partial charge in [0.25, 0.3) is 0 Å². The lowest BCUT2D eigenvalue weighted by atomic mass is 9.54. The second kappa shape index (κ2) is 11.2. The van der Waals surface area contributed by atoms with Gasteiger partial charge in [0.1, 0.15) is 23.4 Å². The number of aliphatic hydroxyl groups excluding tert-OH is 2. The maximum absolute atomic E-state index is 14.4. The Labute approximate surface area is 240 Å². The molecule has 1 amide bonds. The molecule has 3 aliphatic rings. The van der Waals surface area contributed by atoms with Crippen LogP contribution in [0.4, 0.5) is 0 Å². The summed E-state index contributed by atoms with van der Waals surface area (Å²) in [7, 11) is 1.59. The van der Waals surface area contributed by atoms with E-state index in [9.17, 15) is 24.6 Å². The van der Waals surface area contributed by atoms with Crippen molar-refractivity contribution in [1.29, 1.82) is 0 Å². The second-order valence-corrected chi connectivity index (χ2v) is 12.0. The van der Waals surface area contributed by atoms with E-state index in [1.54, 1.807) is 14.0 Å². The van der Waals surface area contributed by atoms with Crippen molar-refractivity contribution in [2.24, 2.45) is 23.2 Å². The molecule has 0 radical (unpaired) electrons. The number of H-pyrrole nitrogens is 1. The fourth-order valence-corrected chi connectivity index (χ4v) is 7.42. The summed E-state index contributed by atoms with van der Waals surface area (Å²) in [6.07, 6.45) is 4.69. The molecule has 8 nitrogen and oxygen atoms in total. The number of hydrogen-bond donors (Lipinski definition) is 4. The molecule has 2 aliphatic carbocycles. The van der Waals surface area contributed by atoms with Crippen LogP contribution in [0, 0.1) is 23.2 Å². The van der Waals surface area contributed by atoms with Gasteiger partial charge in [-0.05, 0) is 56.7 Å². The van der Waals surface area contributed by atoms with E-state index >= 15 is 0 Å². The molecule has 1 aliphatic heterocycles. The van der Waals surface area contributed by atoms with Gasteiger partial charge in [-0.3, -0.25) is 14.4 Å². The molecule has 218 valence electrons. The molecular weight excluding hydrogens is 520 g/mol. The average molecular weight is 561 g/mol. The van der Waals surface area contributed by atoms with Crippen molar-refractivity contribution in [3.8, 4) is 0 Å². The number of para-hydroxylation sites is 1. The SMILES string of the molecule is COC(c1c[nH]c2ccccc12)[C@@H]1NC(=O)[C@@]23C(=O)CC[C@H](O)C(=O)C(C)=C[C@@H](C)CC=C[C@H]2[C@H](O)C(C)=C(C)[C@@H]13. The predicted molar refractivity (Wildman–Crippen MR) is 156 cm³/mol. The van der Waals surface area contributed by atoms with Crippen molar-refractivity contribution < 1.29 is 29.3 Å². The van der Waals surface area contributed by atoms with Crippen LogP contribution in [0.1, 0.15) is 58.6 Å². The fourth-order valence-electron chi connectivity index (χ4n) is 7.42. The number of fused-ring (bicyclic) bond motifs is 1. The Morgan fingerprint density at radius 1 is 1.07 bits per heavy atom. The molecule has 1 unspecified atom stereocenters. The first-order valence-electron chi connectivity index (χ1n) is 14.4. The first-order chi connectivity index (χ1) is 19.5. The highest BCUT2D eigenvalue weighted by atomic mass is 16.5.